The van der Waals surface area contributed by atoms with Crippen LogP contribution in [0, 0.1) is 6.17 Å². The van der Waals surface area contributed by atoms with E-state index in [9.17, 15) is 74.6 Å². The Morgan fingerprint density at radius 2 is 0.692 bits per heavy atom. The first-order valence-corrected chi connectivity index (χ1v) is 4.96. The summed E-state index contributed by atoms with van der Waals surface area (Å²) in [6, 6.07) is 0. The van der Waals surface area contributed by atoms with Crippen LogP contribution in [-0.2, 0) is 0 Å². The van der Waals surface area contributed by atoms with Crippen LogP contribution in [0.4, 0.5) is 74.6 Å². The van der Waals surface area contributed by atoms with Gasteiger partial charge in [0.2, 0.25) is 5.92 Å². The summed E-state index contributed by atoms with van der Waals surface area (Å²) in [7, 11) is 0. The van der Waals surface area contributed by atoms with E-state index < -0.39 is 48.1 Å². The van der Waals surface area contributed by atoms with Crippen LogP contribution in [0.2, 0.25) is 0 Å². The molecule has 0 aromatic rings. The quantitative estimate of drug-likeness (QED) is 0.349. The number of rotatable bonds is 5. The maximum Gasteiger partial charge on any atom is 1.00 e. The third kappa shape index (κ3) is 3.84. The Kier molecular flexibility index (Phi) is 7.55. The van der Waals surface area contributed by atoms with Gasteiger partial charge >= 0.3 is 65.6 Å². The average Bonchev–Trinajstić information content (AvgIpc) is 2.34. The SMILES string of the molecule is F[C-](C(F)(F)F)C(F)(F)C(F)(F)C(F)(F)C(F)(F)C(F)(F)C(F)(F)F.[Na+]. The molecule has 0 fully saturated rings. The number of alkyl halides is 16. The van der Waals surface area contributed by atoms with Gasteiger partial charge < -0.3 is 4.39 Å². The summed E-state index contributed by atoms with van der Waals surface area (Å²) in [4.78, 5) is 0. The zero-order valence-corrected chi connectivity index (χ0v) is 13.4. The number of hydrogen-bond acceptors (Lipinski definition) is 0. The van der Waals surface area contributed by atoms with Crippen LogP contribution in [-0.4, -0.2) is 42.0 Å². The molecule has 0 N–H and O–H groups in total. The number of halogens is 17. The summed E-state index contributed by atoms with van der Waals surface area (Å²) in [6.45, 7) is 0. The molecule has 0 aliphatic rings. The smallest absolute Gasteiger partial charge is 0.441 e. The molecule has 0 saturated heterocycles. The van der Waals surface area contributed by atoms with Gasteiger partial charge in [-0.15, -0.1) is 0 Å². The third-order valence-corrected chi connectivity index (χ3v) is 2.46. The minimum absolute atomic E-state index is 0. The van der Waals surface area contributed by atoms with Crippen LogP contribution < -0.4 is 29.6 Å². The summed E-state index contributed by atoms with van der Waals surface area (Å²) < 4.78 is 208. The Balaban J connectivity index is 0. The minimum atomic E-state index is -8.48. The maximum absolute atomic E-state index is 12.7. The number of hydrogen-bond donors (Lipinski definition) is 0. The zero-order chi connectivity index (χ0) is 21.1. The fraction of sp³-hybridized carbons (Fsp3) is 0.875. The normalized spacial score (nSPS) is 15.9. The molecule has 0 spiro atoms. The average molecular weight is 442 g/mol. The second-order valence-electron chi connectivity index (χ2n) is 4.18. The van der Waals surface area contributed by atoms with E-state index in [1.54, 1.807) is 0 Å². The van der Waals surface area contributed by atoms with E-state index in [1.807, 2.05) is 0 Å². The predicted molar refractivity (Wildman–Crippen MR) is 41.2 cm³/mol. The minimum Gasteiger partial charge on any atom is -0.441 e. The Morgan fingerprint density at radius 3 is 0.923 bits per heavy atom. The molecule has 0 bridgehead atoms. The molecule has 0 aliphatic heterocycles. The topological polar surface area (TPSA) is 0 Å². The van der Waals surface area contributed by atoms with Crippen molar-refractivity contribution in [1.29, 1.82) is 0 Å². The molecule has 0 radical (unpaired) electrons. The fourth-order valence-corrected chi connectivity index (χ4v) is 1.09. The van der Waals surface area contributed by atoms with E-state index in [2.05, 4.69) is 0 Å². The van der Waals surface area contributed by atoms with Crippen molar-refractivity contribution in [3.8, 4) is 0 Å². The van der Waals surface area contributed by atoms with Gasteiger partial charge in [0.25, 0.3) is 0 Å². The van der Waals surface area contributed by atoms with Gasteiger partial charge in [-0.3, -0.25) is 0 Å². The van der Waals surface area contributed by atoms with Crippen LogP contribution in [0.5, 0.6) is 0 Å². The fourth-order valence-electron chi connectivity index (χ4n) is 1.09. The molecule has 0 aromatic carbocycles. The van der Waals surface area contributed by atoms with E-state index in [1.165, 1.54) is 0 Å². The summed E-state index contributed by atoms with van der Waals surface area (Å²) in [5.41, 5.74) is 0. The molecule has 0 rings (SSSR count). The molecule has 0 nitrogen and oxygen atoms in total. The van der Waals surface area contributed by atoms with Crippen molar-refractivity contribution in [2.75, 3.05) is 0 Å². The van der Waals surface area contributed by atoms with E-state index in [0.717, 1.165) is 0 Å². The predicted octanol–water partition coefficient (Wildman–Crippen LogP) is 2.79. The van der Waals surface area contributed by atoms with Crippen molar-refractivity contribution in [1.82, 2.24) is 0 Å². The van der Waals surface area contributed by atoms with Crippen LogP contribution in [0.3, 0.4) is 0 Å². The first kappa shape index (κ1) is 28.0. The largest absolute Gasteiger partial charge is 1.00 e. The molecule has 0 unspecified atom stereocenters. The summed E-state index contributed by atoms with van der Waals surface area (Å²) in [6.07, 6.45) is -20.2. The van der Waals surface area contributed by atoms with Crippen LogP contribution in [0.15, 0.2) is 0 Å². The second kappa shape index (κ2) is 7.00. The van der Waals surface area contributed by atoms with Crippen molar-refractivity contribution in [3.63, 3.8) is 0 Å². The van der Waals surface area contributed by atoms with E-state index >= 15 is 0 Å². The van der Waals surface area contributed by atoms with E-state index in [0.29, 0.717) is 0 Å². The first-order chi connectivity index (χ1) is 10.4. The summed E-state index contributed by atoms with van der Waals surface area (Å²) in [5.74, 6) is -41.2. The molecule has 0 amide bonds. The molecule has 0 saturated carbocycles. The van der Waals surface area contributed by atoms with Crippen molar-refractivity contribution in [2.45, 2.75) is 42.0 Å². The van der Waals surface area contributed by atoms with Crippen molar-refractivity contribution < 1.29 is 104 Å². The third-order valence-electron chi connectivity index (χ3n) is 2.46. The molecule has 18 heteroatoms. The van der Waals surface area contributed by atoms with Crippen molar-refractivity contribution in [2.24, 2.45) is 0 Å². The Morgan fingerprint density at radius 1 is 0.423 bits per heavy atom. The van der Waals surface area contributed by atoms with Gasteiger partial charge in [-0.05, 0) is 0 Å². The van der Waals surface area contributed by atoms with Gasteiger partial charge in [-0.1, -0.05) is 0 Å². The Hall–Kier alpha value is -0.190. The van der Waals surface area contributed by atoms with Crippen molar-refractivity contribution in [3.05, 3.63) is 6.17 Å². The van der Waals surface area contributed by atoms with Crippen LogP contribution in [0.1, 0.15) is 0 Å². The first-order valence-electron chi connectivity index (χ1n) is 4.96. The van der Waals surface area contributed by atoms with E-state index in [-0.39, 0.29) is 29.6 Å². The Labute approximate surface area is 153 Å². The Bertz CT molecular complexity index is 484. The maximum atomic E-state index is 12.7. The van der Waals surface area contributed by atoms with Gasteiger partial charge in [-0.2, -0.15) is 48.3 Å². The van der Waals surface area contributed by atoms with Gasteiger partial charge in [-0.25, -0.2) is 22.0 Å². The molecule has 152 valence electrons. The summed E-state index contributed by atoms with van der Waals surface area (Å²) in [5, 5.41) is 0. The zero-order valence-electron chi connectivity index (χ0n) is 11.4. The molecular weight excluding hydrogens is 442 g/mol. The second-order valence-corrected chi connectivity index (χ2v) is 4.18. The standard InChI is InChI=1S/C8F17.Na/c9-1(3(12,13)14)2(10,11)4(15,16)5(17,18)6(19,20)7(21,22)8(23,24)25;/q-1;+1. The summed E-state index contributed by atoms with van der Waals surface area (Å²) >= 11 is 0. The van der Waals surface area contributed by atoms with E-state index in [4.69, 9.17) is 0 Å². The van der Waals surface area contributed by atoms with Crippen molar-refractivity contribution >= 4 is 0 Å². The van der Waals surface area contributed by atoms with Gasteiger partial charge in [0.05, 0.1) is 0 Å². The molecule has 0 atom stereocenters. The molecule has 0 aromatic heterocycles. The van der Waals surface area contributed by atoms with Crippen LogP contribution in [0.25, 0.3) is 0 Å². The molecule has 0 heterocycles. The molecule has 26 heavy (non-hydrogen) atoms. The van der Waals surface area contributed by atoms with Gasteiger partial charge in [0, 0.05) is 6.17 Å². The van der Waals surface area contributed by atoms with Gasteiger partial charge in [0.15, 0.2) is 0 Å². The molecular formula is C8F17Na. The monoisotopic (exact) mass is 442 g/mol. The molecule has 0 aliphatic carbocycles. The van der Waals surface area contributed by atoms with Gasteiger partial charge in [0.1, 0.15) is 0 Å². The van der Waals surface area contributed by atoms with Crippen LogP contribution >= 0.6 is 0 Å².